The average molecular weight is 508 g/mol. The third kappa shape index (κ3) is 6.18. The first-order valence-electron chi connectivity index (χ1n) is 12.5. The van der Waals surface area contributed by atoms with Crippen molar-refractivity contribution >= 4 is 17.7 Å². The number of unbranched alkanes of at least 4 members (excludes halogenated alkanes) is 1. The van der Waals surface area contributed by atoms with Gasteiger partial charge in [0.15, 0.2) is 5.69 Å². The number of halogens is 3. The summed E-state index contributed by atoms with van der Waals surface area (Å²) in [6.45, 7) is 6.17. The summed E-state index contributed by atoms with van der Waals surface area (Å²) in [7, 11) is 0. The second kappa shape index (κ2) is 11.3. The number of carbonyl (C=O) groups is 2. The number of nitrogens with zero attached hydrogens (tertiary/aromatic N) is 5. The lowest BCUT2D eigenvalue weighted by Gasteiger charge is -2.34. The van der Waals surface area contributed by atoms with Crippen molar-refractivity contribution in [3.8, 4) is 0 Å². The zero-order valence-corrected chi connectivity index (χ0v) is 20.5. The van der Waals surface area contributed by atoms with Crippen molar-refractivity contribution in [1.29, 1.82) is 0 Å². The average Bonchev–Trinajstić information content (AvgIpc) is 3.56. The van der Waals surface area contributed by atoms with Crippen molar-refractivity contribution in [2.45, 2.75) is 45.3 Å². The minimum absolute atomic E-state index is 0.0919. The van der Waals surface area contributed by atoms with Crippen LogP contribution in [0.25, 0.3) is 0 Å². The van der Waals surface area contributed by atoms with Crippen molar-refractivity contribution < 1.29 is 27.5 Å². The first-order valence-corrected chi connectivity index (χ1v) is 12.5. The number of aromatic nitrogens is 2. The summed E-state index contributed by atoms with van der Waals surface area (Å²) < 4.78 is 47.0. The molecule has 2 aliphatic rings. The van der Waals surface area contributed by atoms with E-state index in [-0.39, 0.29) is 17.4 Å². The molecular formula is C25H32F3N5O3. The van der Waals surface area contributed by atoms with Crippen LogP contribution in [0.2, 0.25) is 0 Å². The molecule has 196 valence electrons. The number of anilines is 1. The van der Waals surface area contributed by atoms with Crippen LogP contribution in [0.3, 0.4) is 0 Å². The molecule has 0 radical (unpaired) electrons. The van der Waals surface area contributed by atoms with Gasteiger partial charge in [0.05, 0.1) is 12.2 Å². The first kappa shape index (κ1) is 26.0. The molecule has 0 spiro atoms. The molecule has 1 amide bonds. The first-order chi connectivity index (χ1) is 17.3. The molecule has 1 aromatic carbocycles. The standard InChI is InChI=1S/C25H32F3N5O3/c1-2-3-16-36-23(34)21-8-11-33(29-21)24(35)32-14-12-30(13-15-32)18-19-6-7-20(25(26,27)28)22(17-19)31-9-4-5-10-31/h6-8,11,17H,2-5,9-10,12-16,18H2,1H3. The molecule has 2 saturated heterocycles. The number of hydrogen-bond acceptors (Lipinski definition) is 6. The molecule has 11 heteroatoms. The van der Waals surface area contributed by atoms with E-state index in [0.717, 1.165) is 35.9 Å². The van der Waals surface area contributed by atoms with Crippen LogP contribution in [0.5, 0.6) is 0 Å². The van der Waals surface area contributed by atoms with Crippen molar-refractivity contribution in [3.05, 3.63) is 47.3 Å². The number of piperazine rings is 1. The van der Waals surface area contributed by atoms with Crippen LogP contribution >= 0.6 is 0 Å². The lowest BCUT2D eigenvalue weighted by Crippen LogP contribution is -2.49. The molecule has 4 rings (SSSR count). The highest BCUT2D eigenvalue weighted by Gasteiger charge is 2.35. The molecule has 0 atom stereocenters. The topological polar surface area (TPSA) is 70.9 Å². The fourth-order valence-electron chi connectivity index (χ4n) is 4.56. The van der Waals surface area contributed by atoms with Crippen LogP contribution in [-0.2, 0) is 17.5 Å². The van der Waals surface area contributed by atoms with Gasteiger partial charge in [-0.25, -0.2) is 9.59 Å². The van der Waals surface area contributed by atoms with Gasteiger partial charge in [-0.15, -0.1) is 0 Å². The van der Waals surface area contributed by atoms with Gasteiger partial charge in [0.2, 0.25) is 0 Å². The third-order valence-corrected chi connectivity index (χ3v) is 6.59. The summed E-state index contributed by atoms with van der Waals surface area (Å²) in [6.07, 6.45) is 0.533. The molecule has 0 bridgehead atoms. The highest BCUT2D eigenvalue weighted by molar-refractivity contribution is 5.88. The number of hydrogen-bond donors (Lipinski definition) is 0. The summed E-state index contributed by atoms with van der Waals surface area (Å²) in [4.78, 5) is 30.5. The Kier molecular flexibility index (Phi) is 8.17. The smallest absolute Gasteiger partial charge is 0.418 e. The van der Waals surface area contributed by atoms with Crippen LogP contribution in [-0.4, -0.2) is 77.5 Å². The molecule has 0 N–H and O–H groups in total. The number of esters is 1. The van der Waals surface area contributed by atoms with Crippen molar-refractivity contribution in [3.63, 3.8) is 0 Å². The van der Waals surface area contributed by atoms with Gasteiger partial charge >= 0.3 is 18.2 Å². The second-order valence-electron chi connectivity index (χ2n) is 9.22. The van der Waals surface area contributed by atoms with E-state index in [1.165, 1.54) is 18.3 Å². The van der Waals surface area contributed by atoms with E-state index >= 15 is 0 Å². The van der Waals surface area contributed by atoms with Gasteiger partial charge in [-0.05, 0) is 43.0 Å². The lowest BCUT2D eigenvalue weighted by molar-refractivity contribution is -0.137. The fraction of sp³-hybridized carbons (Fsp3) is 0.560. The number of alkyl halides is 3. The van der Waals surface area contributed by atoms with E-state index < -0.39 is 17.7 Å². The Morgan fingerprint density at radius 1 is 1.03 bits per heavy atom. The fourth-order valence-corrected chi connectivity index (χ4v) is 4.56. The Hall–Kier alpha value is -3.08. The predicted octanol–water partition coefficient (Wildman–Crippen LogP) is 4.24. The molecule has 0 saturated carbocycles. The molecule has 2 fully saturated rings. The molecule has 3 heterocycles. The Morgan fingerprint density at radius 2 is 1.75 bits per heavy atom. The number of carbonyl (C=O) groups excluding carboxylic acids is 2. The molecule has 2 aliphatic heterocycles. The summed E-state index contributed by atoms with van der Waals surface area (Å²) in [5.41, 5.74) is 0.586. The zero-order valence-electron chi connectivity index (χ0n) is 20.5. The molecule has 0 aliphatic carbocycles. The Balaban J connectivity index is 1.33. The SMILES string of the molecule is CCCCOC(=O)c1ccn(C(=O)N2CCN(Cc3ccc(C(F)(F)F)c(N4CCCC4)c3)CC2)n1. The zero-order chi connectivity index (χ0) is 25.7. The van der Waals surface area contributed by atoms with Crippen molar-refractivity contribution in [2.24, 2.45) is 0 Å². The maximum atomic E-state index is 13.6. The highest BCUT2D eigenvalue weighted by atomic mass is 19.4. The molecular weight excluding hydrogens is 475 g/mol. The van der Waals surface area contributed by atoms with Gasteiger partial charge in [-0.3, -0.25) is 4.90 Å². The van der Waals surface area contributed by atoms with Crippen LogP contribution < -0.4 is 4.90 Å². The summed E-state index contributed by atoms with van der Waals surface area (Å²) >= 11 is 0. The van der Waals surface area contributed by atoms with Crippen LogP contribution in [0.4, 0.5) is 23.7 Å². The molecule has 36 heavy (non-hydrogen) atoms. The Labute approximate surface area is 208 Å². The van der Waals surface area contributed by atoms with Gasteiger partial charge < -0.3 is 14.5 Å². The molecule has 1 aromatic heterocycles. The monoisotopic (exact) mass is 507 g/mol. The van der Waals surface area contributed by atoms with Gasteiger partial charge in [0, 0.05) is 57.7 Å². The van der Waals surface area contributed by atoms with Gasteiger partial charge in [-0.2, -0.15) is 23.0 Å². The van der Waals surface area contributed by atoms with Crippen molar-refractivity contribution in [1.82, 2.24) is 19.6 Å². The van der Waals surface area contributed by atoms with E-state index in [1.54, 1.807) is 17.0 Å². The maximum absolute atomic E-state index is 13.6. The van der Waals surface area contributed by atoms with Gasteiger partial charge in [-0.1, -0.05) is 19.4 Å². The number of amides is 1. The number of rotatable bonds is 7. The van der Waals surface area contributed by atoms with Gasteiger partial charge in [0.25, 0.3) is 0 Å². The largest absolute Gasteiger partial charge is 0.461 e. The normalized spacial score (nSPS) is 17.0. The van der Waals surface area contributed by atoms with Crippen LogP contribution in [0.15, 0.2) is 30.5 Å². The van der Waals surface area contributed by atoms with Crippen LogP contribution in [0.1, 0.15) is 54.2 Å². The lowest BCUT2D eigenvalue weighted by atomic mass is 10.1. The Bertz CT molecular complexity index is 1060. The van der Waals surface area contributed by atoms with E-state index in [1.807, 2.05) is 11.8 Å². The summed E-state index contributed by atoms with van der Waals surface area (Å²) in [5.74, 6) is -0.551. The summed E-state index contributed by atoms with van der Waals surface area (Å²) in [5, 5.41) is 4.07. The predicted molar refractivity (Wildman–Crippen MR) is 128 cm³/mol. The Morgan fingerprint density at radius 3 is 2.42 bits per heavy atom. The minimum atomic E-state index is -4.39. The number of benzene rings is 1. The second-order valence-corrected chi connectivity index (χ2v) is 9.22. The third-order valence-electron chi connectivity index (χ3n) is 6.59. The minimum Gasteiger partial charge on any atom is -0.461 e. The molecule has 0 unspecified atom stereocenters. The molecule has 2 aromatic rings. The van der Waals surface area contributed by atoms with E-state index in [2.05, 4.69) is 10.00 Å². The summed E-state index contributed by atoms with van der Waals surface area (Å²) in [6, 6.07) is 5.53. The molecule has 8 nitrogen and oxygen atoms in total. The highest BCUT2D eigenvalue weighted by Crippen LogP contribution is 2.38. The maximum Gasteiger partial charge on any atom is 0.418 e. The number of ether oxygens (including phenoxy) is 1. The van der Waals surface area contributed by atoms with E-state index in [4.69, 9.17) is 4.74 Å². The van der Waals surface area contributed by atoms with Gasteiger partial charge in [0.1, 0.15) is 0 Å². The van der Waals surface area contributed by atoms with E-state index in [0.29, 0.717) is 52.4 Å². The van der Waals surface area contributed by atoms with Crippen LogP contribution in [0, 0.1) is 0 Å². The van der Waals surface area contributed by atoms with E-state index in [9.17, 15) is 22.8 Å². The van der Waals surface area contributed by atoms with Crippen molar-refractivity contribution in [2.75, 3.05) is 50.8 Å². The quantitative estimate of drug-likeness (QED) is 0.412.